The minimum atomic E-state index is 0.0334. The van der Waals surface area contributed by atoms with Crippen molar-refractivity contribution in [2.75, 3.05) is 19.0 Å². The zero-order chi connectivity index (χ0) is 14.0. The van der Waals surface area contributed by atoms with Crippen LogP contribution in [0.5, 0.6) is 0 Å². The normalized spacial score (nSPS) is 26.1. The summed E-state index contributed by atoms with van der Waals surface area (Å²) in [7, 11) is 1.69. The summed E-state index contributed by atoms with van der Waals surface area (Å²) in [4.78, 5) is 4.05. The monoisotopic (exact) mass is 304 g/mol. The molecule has 1 saturated carbocycles. The zero-order valence-corrected chi connectivity index (χ0v) is 12.8. The summed E-state index contributed by atoms with van der Waals surface area (Å²) in [6.45, 7) is 4.62. The maximum Gasteiger partial charge on any atom is 0.154 e. The van der Waals surface area contributed by atoms with Crippen LogP contribution in [0.15, 0.2) is 6.07 Å². The molecule has 1 aliphatic carbocycles. The van der Waals surface area contributed by atoms with Gasteiger partial charge in [0.15, 0.2) is 5.15 Å². The first kappa shape index (κ1) is 14.9. The van der Waals surface area contributed by atoms with Gasteiger partial charge in [-0.2, -0.15) is 0 Å². The number of anilines is 1. The highest BCUT2D eigenvalue weighted by atomic mass is 35.5. The van der Waals surface area contributed by atoms with E-state index in [1.165, 1.54) is 0 Å². The van der Waals surface area contributed by atoms with Crippen LogP contribution in [-0.2, 0) is 9.47 Å². The SMILES string of the molecule is CCOC1CC(Nc2c(C)cc(Cl)nc2Cl)C1OC. The molecular formula is C13H18Cl2N2O2. The molecule has 2 rings (SSSR count). The zero-order valence-electron chi connectivity index (χ0n) is 11.2. The third-order valence-corrected chi connectivity index (χ3v) is 3.84. The molecule has 0 aromatic carbocycles. The summed E-state index contributed by atoms with van der Waals surface area (Å²) < 4.78 is 11.1. The summed E-state index contributed by atoms with van der Waals surface area (Å²) in [5.41, 5.74) is 1.78. The quantitative estimate of drug-likeness (QED) is 0.848. The molecule has 1 aromatic heterocycles. The maximum absolute atomic E-state index is 6.12. The van der Waals surface area contributed by atoms with Gasteiger partial charge >= 0.3 is 0 Å². The second-order valence-corrected chi connectivity index (χ2v) is 5.35. The molecule has 19 heavy (non-hydrogen) atoms. The molecule has 3 atom stereocenters. The Balaban J connectivity index is 2.07. The van der Waals surface area contributed by atoms with E-state index in [-0.39, 0.29) is 18.2 Å². The topological polar surface area (TPSA) is 43.4 Å². The fourth-order valence-corrected chi connectivity index (χ4v) is 2.96. The minimum Gasteiger partial charge on any atom is -0.377 e. The molecule has 0 spiro atoms. The number of aryl methyl sites for hydroxylation is 1. The molecule has 0 saturated heterocycles. The smallest absolute Gasteiger partial charge is 0.154 e. The highest BCUT2D eigenvalue weighted by molar-refractivity contribution is 6.34. The van der Waals surface area contributed by atoms with Crippen molar-refractivity contribution in [3.8, 4) is 0 Å². The molecule has 3 unspecified atom stereocenters. The Morgan fingerprint density at radius 3 is 2.79 bits per heavy atom. The van der Waals surface area contributed by atoms with Gasteiger partial charge in [-0.15, -0.1) is 0 Å². The van der Waals surface area contributed by atoms with Crippen LogP contribution in [0.3, 0.4) is 0 Å². The first-order valence-corrected chi connectivity index (χ1v) is 7.06. The lowest BCUT2D eigenvalue weighted by Crippen LogP contribution is -2.57. The highest BCUT2D eigenvalue weighted by Crippen LogP contribution is 2.33. The molecule has 4 nitrogen and oxygen atoms in total. The number of nitrogens with one attached hydrogen (secondary N) is 1. The van der Waals surface area contributed by atoms with Gasteiger partial charge in [0.05, 0.1) is 17.8 Å². The number of rotatable bonds is 5. The molecule has 106 valence electrons. The Hall–Kier alpha value is -0.550. The van der Waals surface area contributed by atoms with Gasteiger partial charge in [-0.05, 0) is 31.9 Å². The summed E-state index contributed by atoms with van der Waals surface area (Å²) in [5.74, 6) is 0. The number of pyridine rings is 1. The van der Waals surface area contributed by atoms with Crippen molar-refractivity contribution < 1.29 is 9.47 Å². The first-order valence-electron chi connectivity index (χ1n) is 6.30. The number of hydrogen-bond acceptors (Lipinski definition) is 4. The van der Waals surface area contributed by atoms with Crippen molar-refractivity contribution in [3.05, 3.63) is 21.9 Å². The number of ether oxygens (including phenoxy) is 2. The lowest BCUT2D eigenvalue weighted by molar-refractivity contribution is -0.118. The van der Waals surface area contributed by atoms with Crippen LogP contribution in [0.25, 0.3) is 0 Å². The van der Waals surface area contributed by atoms with Crippen LogP contribution in [-0.4, -0.2) is 37.0 Å². The molecule has 0 bridgehead atoms. The van der Waals surface area contributed by atoms with Crippen molar-refractivity contribution in [1.29, 1.82) is 0 Å². The van der Waals surface area contributed by atoms with E-state index in [0.29, 0.717) is 16.9 Å². The van der Waals surface area contributed by atoms with Crippen LogP contribution in [0.1, 0.15) is 18.9 Å². The molecule has 1 heterocycles. The van der Waals surface area contributed by atoms with Crippen LogP contribution in [0, 0.1) is 6.92 Å². The number of aromatic nitrogens is 1. The molecule has 0 aliphatic heterocycles. The fraction of sp³-hybridized carbons (Fsp3) is 0.615. The van der Waals surface area contributed by atoms with E-state index in [1.807, 2.05) is 13.8 Å². The van der Waals surface area contributed by atoms with E-state index in [1.54, 1.807) is 13.2 Å². The molecule has 0 amide bonds. The van der Waals surface area contributed by atoms with E-state index >= 15 is 0 Å². The third-order valence-electron chi connectivity index (χ3n) is 3.37. The average Bonchev–Trinajstić information content (AvgIpc) is 2.31. The number of nitrogens with zero attached hydrogens (tertiary/aromatic N) is 1. The van der Waals surface area contributed by atoms with Crippen molar-refractivity contribution in [1.82, 2.24) is 4.98 Å². The average molecular weight is 305 g/mol. The van der Waals surface area contributed by atoms with Gasteiger partial charge in [0.25, 0.3) is 0 Å². The van der Waals surface area contributed by atoms with Crippen molar-refractivity contribution in [2.45, 2.75) is 38.5 Å². The van der Waals surface area contributed by atoms with E-state index < -0.39 is 0 Å². The summed E-state index contributed by atoms with van der Waals surface area (Å²) >= 11 is 12.0. The Kier molecular flexibility index (Phi) is 4.90. The summed E-state index contributed by atoms with van der Waals surface area (Å²) in [5, 5.41) is 4.16. The van der Waals surface area contributed by atoms with E-state index in [2.05, 4.69) is 10.3 Å². The van der Waals surface area contributed by atoms with E-state index in [4.69, 9.17) is 32.7 Å². The van der Waals surface area contributed by atoms with Crippen LogP contribution in [0.2, 0.25) is 10.3 Å². The summed E-state index contributed by atoms with van der Waals surface area (Å²) in [6, 6.07) is 1.97. The van der Waals surface area contributed by atoms with E-state index in [0.717, 1.165) is 17.7 Å². The van der Waals surface area contributed by atoms with E-state index in [9.17, 15) is 0 Å². The number of hydrogen-bond donors (Lipinski definition) is 1. The van der Waals surface area contributed by atoms with Gasteiger partial charge in [0, 0.05) is 13.7 Å². The van der Waals surface area contributed by atoms with Gasteiger partial charge in [-0.3, -0.25) is 0 Å². The third kappa shape index (κ3) is 3.14. The second-order valence-electron chi connectivity index (χ2n) is 4.61. The Bertz CT molecular complexity index is 433. The molecule has 1 aromatic rings. The van der Waals surface area contributed by atoms with Gasteiger partial charge < -0.3 is 14.8 Å². The lowest BCUT2D eigenvalue weighted by atomic mass is 9.85. The Morgan fingerprint density at radius 2 is 2.21 bits per heavy atom. The van der Waals surface area contributed by atoms with Crippen LogP contribution < -0.4 is 5.32 Å². The van der Waals surface area contributed by atoms with Crippen LogP contribution in [0.4, 0.5) is 5.69 Å². The fourth-order valence-electron chi connectivity index (χ4n) is 2.37. The van der Waals surface area contributed by atoms with Crippen molar-refractivity contribution in [2.24, 2.45) is 0 Å². The molecule has 1 aliphatic rings. The second kappa shape index (κ2) is 6.27. The van der Waals surface area contributed by atoms with Crippen molar-refractivity contribution in [3.63, 3.8) is 0 Å². The van der Waals surface area contributed by atoms with Gasteiger partial charge in [0.2, 0.25) is 0 Å². The molecule has 6 heteroatoms. The summed E-state index contributed by atoms with van der Waals surface area (Å²) in [6.07, 6.45) is 1.07. The highest BCUT2D eigenvalue weighted by Gasteiger charge is 2.42. The van der Waals surface area contributed by atoms with Gasteiger partial charge in [0.1, 0.15) is 11.3 Å². The van der Waals surface area contributed by atoms with Gasteiger partial charge in [-0.25, -0.2) is 4.98 Å². The first-order chi connectivity index (χ1) is 9.06. The predicted molar refractivity (Wildman–Crippen MR) is 77.2 cm³/mol. The minimum absolute atomic E-state index is 0.0334. The standard InChI is InChI=1S/C13H18Cl2N2O2/c1-4-19-9-6-8(12(9)18-3)16-11-7(2)5-10(14)17-13(11)15/h5,8-9,12,16H,4,6H2,1-3H3. The lowest BCUT2D eigenvalue weighted by Gasteiger charge is -2.44. The maximum atomic E-state index is 6.12. The van der Waals surface area contributed by atoms with Gasteiger partial charge in [-0.1, -0.05) is 23.2 Å². The molecular weight excluding hydrogens is 287 g/mol. The van der Waals surface area contributed by atoms with Crippen molar-refractivity contribution >= 4 is 28.9 Å². The molecule has 0 radical (unpaired) electrons. The van der Waals surface area contributed by atoms with Crippen LogP contribution >= 0.6 is 23.2 Å². The molecule has 1 fully saturated rings. The largest absolute Gasteiger partial charge is 0.377 e. The number of methoxy groups -OCH3 is 1. The Labute approximate surface area is 123 Å². The Morgan fingerprint density at radius 1 is 1.47 bits per heavy atom. The predicted octanol–water partition coefficient (Wildman–Crippen LogP) is 3.30. The molecule has 1 N–H and O–H groups in total. The number of halogens is 2.